The van der Waals surface area contributed by atoms with Crippen molar-refractivity contribution >= 4 is 67.7 Å². The van der Waals surface area contributed by atoms with Gasteiger partial charge in [0.05, 0.1) is 38.6 Å². The standard InChI is InChI=1S/C21H11BrCl2N4O2/c1-10-17-18-14(9-25-19(17)28(26-10)13-5-2-11(22)3-6-13)20(29)27(21(18)30)16-7-4-12(23)8-15(16)24/h2-9H,1H3. The lowest BCUT2D eigenvalue weighted by atomic mass is 10.1. The van der Waals surface area contributed by atoms with E-state index in [4.69, 9.17) is 23.2 Å². The molecule has 0 saturated heterocycles. The second-order valence-electron chi connectivity index (χ2n) is 6.76. The predicted molar refractivity (Wildman–Crippen MR) is 119 cm³/mol. The van der Waals surface area contributed by atoms with Crippen molar-refractivity contribution < 1.29 is 9.59 Å². The number of benzene rings is 2. The largest absolute Gasteiger partial charge is 0.268 e. The van der Waals surface area contributed by atoms with Crippen molar-refractivity contribution in [1.82, 2.24) is 14.8 Å². The molecule has 4 aromatic rings. The molecule has 2 amide bonds. The molecule has 9 heteroatoms. The molecule has 30 heavy (non-hydrogen) atoms. The van der Waals surface area contributed by atoms with E-state index in [0.717, 1.165) is 15.1 Å². The summed E-state index contributed by atoms with van der Waals surface area (Å²) < 4.78 is 2.59. The van der Waals surface area contributed by atoms with E-state index < -0.39 is 11.8 Å². The van der Waals surface area contributed by atoms with Crippen LogP contribution in [-0.4, -0.2) is 26.6 Å². The highest BCUT2D eigenvalue weighted by atomic mass is 79.9. The van der Waals surface area contributed by atoms with Crippen LogP contribution in [0.15, 0.2) is 53.1 Å². The molecule has 0 spiro atoms. The van der Waals surface area contributed by atoms with Crippen molar-refractivity contribution in [3.8, 4) is 5.69 Å². The van der Waals surface area contributed by atoms with Crippen LogP contribution in [0.2, 0.25) is 10.0 Å². The third kappa shape index (κ3) is 2.77. The number of nitrogens with zero attached hydrogens (tertiary/aromatic N) is 4. The smallest absolute Gasteiger partial charge is 0.267 e. The molecule has 6 nitrogen and oxygen atoms in total. The normalized spacial score (nSPS) is 13.4. The number of halogens is 3. The van der Waals surface area contributed by atoms with E-state index in [1.807, 2.05) is 24.3 Å². The zero-order chi connectivity index (χ0) is 21.2. The van der Waals surface area contributed by atoms with E-state index in [-0.39, 0.29) is 21.8 Å². The van der Waals surface area contributed by atoms with E-state index in [9.17, 15) is 9.59 Å². The highest BCUT2D eigenvalue weighted by Crippen LogP contribution is 2.38. The molecule has 0 fully saturated rings. The first kappa shape index (κ1) is 19.2. The van der Waals surface area contributed by atoms with Crippen LogP contribution < -0.4 is 4.90 Å². The van der Waals surface area contributed by atoms with Gasteiger partial charge in [0.1, 0.15) is 0 Å². The molecule has 5 rings (SSSR count). The number of fused-ring (bicyclic) bond motifs is 3. The van der Waals surface area contributed by atoms with Gasteiger partial charge in [-0.05, 0) is 49.4 Å². The van der Waals surface area contributed by atoms with Crippen molar-refractivity contribution in [2.75, 3.05) is 4.90 Å². The van der Waals surface area contributed by atoms with Gasteiger partial charge in [-0.1, -0.05) is 39.1 Å². The Labute approximate surface area is 189 Å². The summed E-state index contributed by atoms with van der Waals surface area (Å²) in [5, 5.41) is 5.73. The first-order chi connectivity index (χ1) is 14.4. The van der Waals surface area contributed by atoms with Gasteiger partial charge in [-0.3, -0.25) is 9.59 Å². The molecule has 1 aliphatic rings. The molecule has 0 N–H and O–H groups in total. The molecule has 0 bridgehead atoms. The Balaban J connectivity index is 1.71. The average Bonchev–Trinajstić information content (AvgIpc) is 3.18. The van der Waals surface area contributed by atoms with Crippen LogP contribution in [0.1, 0.15) is 26.4 Å². The number of hydrogen-bond acceptors (Lipinski definition) is 4. The summed E-state index contributed by atoms with van der Waals surface area (Å²) in [4.78, 5) is 31.9. The SMILES string of the molecule is Cc1nn(-c2ccc(Br)cc2)c2ncc3c(c12)C(=O)N(c1ccc(Cl)cc1Cl)C3=O. The van der Waals surface area contributed by atoms with Gasteiger partial charge in [0.25, 0.3) is 11.8 Å². The topological polar surface area (TPSA) is 68.1 Å². The zero-order valence-electron chi connectivity index (χ0n) is 15.4. The molecule has 0 unspecified atom stereocenters. The summed E-state index contributed by atoms with van der Waals surface area (Å²) in [5.41, 5.74) is 2.66. The number of pyridine rings is 1. The third-order valence-electron chi connectivity index (χ3n) is 4.94. The maximum absolute atomic E-state index is 13.3. The molecule has 2 aromatic heterocycles. The lowest BCUT2D eigenvalue weighted by Crippen LogP contribution is -2.29. The number of anilines is 1. The minimum absolute atomic E-state index is 0.212. The number of rotatable bonds is 2. The van der Waals surface area contributed by atoms with Gasteiger partial charge < -0.3 is 0 Å². The van der Waals surface area contributed by atoms with Gasteiger partial charge in [0.2, 0.25) is 0 Å². The third-order valence-corrected chi connectivity index (χ3v) is 6.01. The van der Waals surface area contributed by atoms with Gasteiger partial charge in [-0.15, -0.1) is 0 Å². The fourth-order valence-electron chi connectivity index (χ4n) is 3.60. The lowest BCUT2D eigenvalue weighted by Gasteiger charge is -2.15. The molecule has 0 radical (unpaired) electrons. The Morgan fingerprint density at radius 2 is 1.73 bits per heavy atom. The van der Waals surface area contributed by atoms with Crippen molar-refractivity contribution in [2.45, 2.75) is 6.92 Å². The maximum Gasteiger partial charge on any atom is 0.267 e. The van der Waals surface area contributed by atoms with E-state index in [1.165, 1.54) is 12.3 Å². The van der Waals surface area contributed by atoms with Gasteiger partial charge in [0, 0.05) is 15.7 Å². The molecule has 0 saturated carbocycles. The lowest BCUT2D eigenvalue weighted by molar-refractivity contribution is 0.0926. The molecule has 2 aromatic carbocycles. The van der Waals surface area contributed by atoms with E-state index >= 15 is 0 Å². The van der Waals surface area contributed by atoms with Gasteiger partial charge in [-0.2, -0.15) is 5.10 Å². The number of aryl methyl sites for hydroxylation is 1. The Kier molecular flexibility index (Phi) is 4.43. The second kappa shape index (κ2) is 6.91. The van der Waals surface area contributed by atoms with Crippen LogP contribution in [0.5, 0.6) is 0 Å². The molecular weight excluding hydrogens is 491 g/mol. The highest BCUT2D eigenvalue weighted by Gasteiger charge is 2.40. The highest BCUT2D eigenvalue weighted by molar-refractivity contribution is 9.10. The van der Waals surface area contributed by atoms with E-state index in [1.54, 1.807) is 23.7 Å². The molecule has 0 aliphatic carbocycles. The summed E-state index contributed by atoms with van der Waals surface area (Å²) in [6.45, 7) is 1.79. The Bertz CT molecular complexity index is 1380. The molecule has 3 heterocycles. The van der Waals surface area contributed by atoms with Crippen LogP contribution in [0.3, 0.4) is 0 Å². The van der Waals surface area contributed by atoms with Crippen molar-refractivity contribution in [1.29, 1.82) is 0 Å². The summed E-state index contributed by atoms with van der Waals surface area (Å²) >= 11 is 15.6. The van der Waals surface area contributed by atoms with Crippen LogP contribution in [0.4, 0.5) is 5.69 Å². The maximum atomic E-state index is 13.3. The summed E-state index contributed by atoms with van der Waals surface area (Å²) in [6, 6.07) is 12.2. The monoisotopic (exact) mass is 500 g/mol. The van der Waals surface area contributed by atoms with E-state index in [0.29, 0.717) is 21.7 Å². The van der Waals surface area contributed by atoms with Crippen LogP contribution >= 0.6 is 39.1 Å². The zero-order valence-corrected chi connectivity index (χ0v) is 18.5. The number of imide groups is 1. The Hall–Kier alpha value is -2.74. The quantitative estimate of drug-likeness (QED) is 0.335. The minimum atomic E-state index is -0.482. The fraction of sp³-hybridized carbons (Fsp3) is 0.0476. The first-order valence-corrected chi connectivity index (χ1v) is 10.4. The van der Waals surface area contributed by atoms with Crippen LogP contribution in [-0.2, 0) is 0 Å². The Morgan fingerprint density at radius 1 is 1.00 bits per heavy atom. The van der Waals surface area contributed by atoms with E-state index in [2.05, 4.69) is 26.0 Å². The van der Waals surface area contributed by atoms with Crippen LogP contribution in [0.25, 0.3) is 16.7 Å². The van der Waals surface area contributed by atoms with Gasteiger partial charge in [0.15, 0.2) is 5.65 Å². The number of amides is 2. The van der Waals surface area contributed by atoms with Crippen molar-refractivity contribution in [3.63, 3.8) is 0 Å². The summed E-state index contributed by atoms with van der Waals surface area (Å²) in [6.07, 6.45) is 1.41. The summed E-state index contributed by atoms with van der Waals surface area (Å²) in [7, 11) is 0. The fourth-order valence-corrected chi connectivity index (χ4v) is 4.36. The predicted octanol–water partition coefficient (Wildman–Crippen LogP) is 5.60. The average molecular weight is 502 g/mol. The van der Waals surface area contributed by atoms with Crippen LogP contribution in [0, 0.1) is 6.92 Å². The minimum Gasteiger partial charge on any atom is -0.268 e. The molecule has 148 valence electrons. The van der Waals surface area contributed by atoms with Crippen molar-refractivity contribution in [2.24, 2.45) is 0 Å². The number of carbonyl (C=O) groups is 2. The van der Waals surface area contributed by atoms with Crippen molar-refractivity contribution in [3.05, 3.63) is 80.0 Å². The number of aromatic nitrogens is 3. The molecule has 0 atom stereocenters. The molecule has 1 aliphatic heterocycles. The number of carbonyl (C=O) groups excluding carboxylic acids is 2. The Morgan fingerprint density at radius 3 is 2.43 bits per heavy atom. The number of hydrogen-bond donors (Lipinski definition) is 0. The second-order valence-corrected chi connectivity index (χ2v) is 8.52. The first-order valence-electron chi connectivity index (χ1n) is 8.85. The van der Waals surface area contributed by atoms with Gasteiger partial charge in [-0.25, -0.2) is 14.6 Å². The molecular formula is C21H11BrCl2N4O2. The summed E-state index contributed by atoms with van der Waals surface area (Å²) in [5.74, 6) is -0.950. The van der Waals surface area contributed by atoms with Gasteiger partial charge >= 0.3 is 0 Å².